The maximum Gasteiger partial charge on any atom is 0.416 e. The Balaban J connectivity index is 1.87. The monoisotopic (exact) mass is 454 g/mol. The van der Waals surface area contributed by atoms with Gasteiger partial charge < -0.3 is 19.7 Å². The molecule has 1 fully saturated rings. The number of ketones is 1. The van der Waals surface area contributed by atoms with Crippen LogP contribution in [0.25, 0.3) is 0 Å². The zero-order valence-electron chi connectivity index (χ0n) is 18.6. The van der Waals surface area contributed by atoms with Crippen molar-refractivity contribution in [3.63, 3.8) is 0 Å². The van der Waals surface area contributed by atoms with Gasteiger partial charge in [0.2, 0.25) is 0 Å². The molecule has 1 aliphatic carbocycles. The fourth-order valence-electron chi connectivity index (χ4n) is 4.13. The van der Waals surface area contributed by atoms with Gasteiger partial charge in [-0.15, -0.1) is 0 Å². The van der Waals surface area contributed by atoms with Crippen LogP contribution in [-0.4, -0.2) is 34.8 Å². The van der Waals surface area contributed by atoms with Gasteiger partial charge in [-0.25, -0.2) is 0 Å². The zero-order chi connectivity index (χ0) is 23.7. The third-order valence-corrected chi connectivity index (χ3v) is 5.87. The summed E-state index contributed by atoms with van der Waals surface area (Å²) in [6, 6.07) is 4.55. The largest absolute Gasteiger partial charge is 0.491 e. The fourth-order valence-corrected chi connectivity index (χ4v) is 4.13. The number of ether oxygens (including phenoxy) is 1. The number of Topliss-reactive ketones (excluding diaryl/α,β-unsaturated/α-hetero) is 1. The molecule has 1 saturated carbocycles. The highest BCUT2D eigenvalue weighted by Gasteiger charge is 2.37. The standard InChI is InChI=1S/C25H33F3O4/c1-17-14-24(31)23(11-6-4-3-5-8-18(2)29)22(17)13-12-20(30)16-32-21-10-7-9-19(15-21)25(26,27)28/h4,6-7,9-10,12-13,15,17,20,22-24,30-31H,3,5,8,11,14,16H2,1-2H3. The molecular weight excluding hydrogens is 421 g/mol. The van der Waals surface area contributed by atoms with Crippen LogP contribution in [-0.2, 0) is 11.0 Å². The lowest BCUT2D eigenvalue weighted by molar-refractivity contribution is -0.137. The second-order valence-corrected chi connectivity index (χ2v) is 8.61. The summed E-state index contributed by atoms with van der Waals surface area (Å²) >= 11 is 0. The van der Waals surface area contributed by atoms with E-state index in [1.807, 2.05) is 18.2 Å². The number of carbonyl (C=O) groups is 1. The number of hydrogen-bond donors (Lipinski definition) is 2. The Bertz CT molecular complexity index is 788. The Morgan fingerprint density at radius 1 is 1.31 bits per heavy atom. The van der Waals surface area contributed by atoms with Crippen LogP contribution in [0.5, 0.6) is 5.75 Å². The third-order valence-electron chi connectivity index (χ3n) is 5.87. The molecule has 2 rings (SSSR count). The predicted molar refractivity (Wildman–Crippen MR) is 117 cm³/mol. The van der Waals surface area contributed by atoms with Crippen LogP contribution >= 0.6 is 0 Å². The summed E-state index contributed by atoms with van der Waals surface area (Å²) in [4.78, 5) is 11.0. The molecule has 1 aromatic carbocycles. The van der Waals surface area contributed by atoms with Crippen molar-refractivity contribution in [1.29, 1.82) is 0 Å². The normalized spacial score (nSPS) is 25.0. The van der Waals surface area contributed by atoms with Crippen molar-refractivity contribution in [2.24, 2.45) is 17.8 Å². The van der Waals surface area contributed by atoms with Gasteiger partial charge >= 0.3 is 6.18 Å². The van der Waals surface area contributed by atoms with Gasteiger partial charge in [0.25, 0.3) is 0 Å². The molecule has 178 valence electrons. The van der Waals surface area contributed by atoms with Crippen LogP contribution in [0.15, 0.2) is 48.6 Å². The van der Waals surface area contributed by atoms with E-state index in [-0.39, 0.29) is 35.9 Å². The number of allylic oxidation sites excluding steroid dienone is 3. The van der Waals surface area contributed by atoms with Crippen molar-refractivity contribution in [3.05, 3.63) is 54.1 Å². The SMILES string of the molecule is CC(=O)CCCC=CCC1C(O)CC(C)C1C=CC(O)COc1cccc(C(F)(F)F)c1. The third kappa shape index (κ3) is 8.43. The van der Waals surface area contributed by atoms with Gasteiger partial charge in [-0.1, -0.05) is 37.3 Å². The molecule has 0 amide bonds. The molecule has 4 nitrogen and oxygen atoms in total. The quantitative estimate of drug-likeness (QED) is 0.350. The van der Waals surface area contributed by atoms with Crippen LogP contribution in [0.2, 0.25) is 0 Å². The predicted octanol–water partition coefficient (Wildman–Crippen LogP) is 5.34. The molecule has 32 heavy (non-hydrogen) atoms. The Kier molecular flexibility index (Phi) is 9.97. The summed E-state index contributed by atoms with van der Waals surface area (Å²) in [5, 5.41) is 20.6. The maximum atomic E-state index is 12.8. The van der Waals surface area contributed by atoms with E-state index in [1.165, 1.54) is 12.1 Å². The summed E-state index contributed by atoms with van der Waals surface area (Å²) in [5.74, 6) is 0.579. The Hall–Kier alpha value is -2.12. The van der Waals surface area contributed by atoms with Gasteiger partial charge in [-0.3, -0.25) is 0 Å². The number of benzene rings is 1. The minimum Gasteiger partial charge on any atom is -0.491 e. The van der Waals surface area contributed by atoms with E-state index in [4.69, 9.17) is 4.74 Å². The van der Waals surface area contributed by atoms with Gasteiger partial charge in [-0.05, 0) is 68.6 Å². The van der Waals surface area contributed by atoms with Crippen molar-refractivity contribution in [2.75, 3.05) is 6.61 Å². The lowest BCUT2D eigenvalue weighted by Crippen LogP contribution is -2.20. The Morgan fingerprint density at radius 3 is 2.75 bits per heavy atom. The number of alkyl halides is 3. The van der Waals surface area contributed by atoms with E-state index >= 15 is 0 Å². The topological polar surface area (TPSA) is 66.8 Å². The minimum absolute atomic E-state index is 0.0295. The maximum absolute atomic E-state index is 12.8. The van der Waals surface area contributed by atoms with E-state index in [0.29, 0.717) is 19.3 Å². The fraction of sp³-hybridized carbons (Fsp3) is 0.560. The first-order chi connectivity index (χ1) is 15.1. The summed E-state index contributed by atoms with van der Waals surface area (Å²) in [7, 11) is 0. The number of hydrogen-bond acceptors (Lipinski definition) is 4. The van der Waals surface area contributed by atoms with Gasteiger partial charge in [0.15, 0.2) is 0 Å². The van der Waals surface area contributed by atoms with Crippen molar-refractivity contribution >= 4 is 5.78 Å². The Labute approximate surface area is 187 Å². The van der Waals surface area contributed by atoms with Crippen LogP contribution in [0, 0.1) is 17.8 Å². The molecule has 0 radical (unpaired) electrons. The molecule has 0 bridgehead atoms. The number of carbonyl (C=O) groups excluding carboxylic acids is 1. The zero-order valence-corrected chi connectivity index (χ0v) is 18.6. The van der Waals surface area contributed by atoms with E-state index in [1.54, 1.807) is 13.0 Å². The van der Waals surface area contributed by atoms with Crippen LogP contribution in [0.4, 0.5) is 13.2 Å². The van der Waals surface area contributed by atoms with Crippen molar-refractivity contribution in [1.82, 2.24) is 0 Å². The molecule has 0 spiro atoms. The van der Waals surface area contributed by atoms with Crippen LogP contribution < -0.4 is 4.74 Å². The molecule has 2 N–H and O–H groups in total. The molecule has 0 aromatic heterocycles. The van der Waals surface area contributed by atoms with E-state index in [9.17, 15) is 28.2 Å². The molecule has 1 aromatic rings. The van der Waals surface area contributed by atoms with Crippen molar-refractivity contribution in [3.8, 4) is 5.75 Å². The molecule has 5 atom stereocenters. The number of unbranched alkanes of at least 4 members (excludes halogenated alkanes) is 1. The number of halogens is 3. The molecule has 0 aliphatic heterocycles. The van der Waals surface area contributed by atoms with E-state index in [2.05, 4.69) is 6.92 Å². The molecule has 5 unspecified atom stereocenters. The molecule has 0 saturated heterocycles. The number of rotatable bonds is 11. The highest BCUT2D eigenvalue weighted by atomic mass is 19.4. The first-order valence-electron chi connectivity index (χ1n) is 11.1. The van der Waals surface area contributed by atoms with Gasteiger partial charge in [-0.2, -0.15) is 13.2 Å². The first kappa shape index (κ1) is 26.1. The van der Waals surface area contributed by atoms with Crippen LogP contribution in [0.1, 0.15) is 51.5 Å². The number of aliphatic hydroxyl groups excluding tert-OH is 2. The number of aliphatic hydroxyl groups is 2. The highest BCUT2D eigenvalue weighted by Crippen LogP contribution is 2.40. The molecular formula is C25H33F3O4. The van der Waals surface area contributed by atoms with Gasteiger partial charge in [0, 0.05) is 6.42 Å². The summed E-state index contributed by atoms with van der Waals surface area (Å²) in [6.45, 7) is 3.47. The van der Waals surface area contributed by atoms with Crippen LogP contribution in [0.3, 0.4) is 0 Å². The summed E-state index contributed by atoms with van der Waals surface area (Å²) < 4.78 is 43.7. The lowest BCUT2D eigenvalue weighted by atomic mass is 9.87. The molecule has 7 heteroatoms. The second-order valence-electron chi connectivity index (χ2n) is 8.61. The van der Waals surface area contributed by atoms with E-state index < -0.39 is 23.9 Å². The molecule has 0 heterocycles. The van der Waals surface area contributed by atoms with Gasteiger partial charge in [0.05, 0.1) is 11.7 Å². The smallest absolute Gasteiger partial charge is 0.416 e. The average molecular weight is 455 g/mol. The highest BCUT2D eigenvalue weighted by molar-refractivity contribution is 5.75. The van der Waals surface area contributed by atoms with E-state index in [0.717, 1.165) is 25.0 Å². The summed E-state index contributed by atoms with van der Waals surface area (Å²) in [5.41, 5.74) is -0.800. The van der Waals surface area contributed by atoms with Crippen molar-refractivity contribution in [2.45, 2.75) is 64.3 Å². The second kappa shape index (κ2) is 12.2. The lowest BCUT2D eigenvalue weighted by Gasteiger charge is -2.20. The minimum atomic E-state index is -4.45. The molecule has 1 aliphatic rings. The van der Waals surface area contributed by atoms with Gasteiger partial charge in [0.1, 0.15) is 24.2 Å². The first-order valence-corrected chi connectivity index (χ1v) is 11.1. The summed E-state index contributed by atoms with van der Waals surface area (Å²) in [6.07, 6.45) is 5.29. The Morgan fingerprint density at radius 2 is 2.06 bits per heavy atom. The average Bonchev–Trinajstić information content (AvgIpc) is 2.99. The van der Waals surface area contributed by atoms with Crippen molar-refractivity contribution < 1.29 is 32.9 Å².